The molecular formula is C79H149N2O7P. The maximum absolute atomic E-state index is 13.6. The molecule has 0 aromatic heterocycles. The molecule has 0 bridgehead atoms. The van der Waals surface area contributed by atoms with Crippen LogP contribution < -0.4 is 10.2 Å². The molecule has 0 aliphatic carbocycles. The Hall–Kier alpha value is -2.29. The fourth-order valence-corrected chi connectivity index (χ4v) is 12.2. The highest BCUT2D eigenvalue weighted by Gasteiger charge is 2.27. The SMILES string of the molecule is CCCCC/C=C\C/C=C\C/C=C\CCCCCCCCCCCCCCC(=O)OC(/C=C/CCCCCCCCCCCCC)C(COP(=O)([O-])OCC[N+](C)(C)C)NC(=O)CCCCCCCCCCCCCCCCC/C=C/CCCCCCCC. The van der Waals surface area contributed by atoms with Gasteiger partial charge in [0, 0.05) is 12.8 Å². The van der Waals surface area contributed by atoms with Crippen LogP contribution in [0.5, 0.6) is 0 Å². The summed E-state index contributed by atoms with van der Waals surface area (Å²) in [6.07, 6.45) is 89.2. The molecule has 522 valence electrons. The highest BCUT2D eigenvalue weighted by Crippen LogP contribution is 2.38. The fourth-order valence-electron chi connectivity index (χ4n) is 11.5. The third-order valence-electron chi connectivity index (χ3n) is 17.4. The maximum Gasteiger partial charge on any atom is 0.306 e. The smallest absolute Gasteiger partial charge is 0.306 e. The quantitative estimate of drug-likeness (QED) is 0.0212. The monoisotopic (exact) mass is 1270 g/mol. The number of nitrogens with one attached hydrogen (secondary N) is 1. The first kappa shape index (κ1) is 86.7. The Morgan fingerprint density at radius 3 is 1.06 bits per heavy atom. The Morgan fingerprint density at radius 2 is 0.685 bits per heavy atom. The van der Waals surface area contributed by atoms with Crippen LogP contribution in [0.2, 0.25) is 0 Å². The number of ether oxygens (including phenoxy) is 1. The number of carbonyl (C=O) groups excluding carboxylic acids is 2. The van der Waals surface area contributed by atoms with Gasteiger partial charge in [-0.15, -0.1) is 0 Å². The molecule has 10 heteroatoms. The van der Waals surface area contributed by atoms with Crippen LogP contribution in [0.15, 0.2) is 60.8 Å². The number of nitrogens with zero attached hydrogens (tertiary/aromatic N) is 1. The van der Waals surface area contributed by atoms with E-state index in [9.17, 15) is 19.0 Å². The first-order chi connectivity index (χ1) is 43.4. The summed E-state index contributed by atoms with van der Waals surface area (Å²) in [6, 6.07) is -0.890. The summed E-state index contributed by atoms with van der Waals surface area (Å²) < 4.78 is 30.5. The van der Waals surface area contributed by atoms with E-state index in [1.807, 2.05) is 33.3 Å². The molecule has 0 rings (SSSR count). The van der Waals surface area contributed by atoms with Crippen LogP contribution in [0.4, 0.5) is 0 Å². The van der Waals surface area contributed by atoms with Crippen molar-refractivity contribution in [3.8, 4) is 0 Å². The lowest BCUT2D eigenvalue weighted by molar-refractivity contribution is -0.870. The zero-order valence-electron chi connectivity index (χ0n) is 59.9. The second-order valence-electron chi connectivity index (χ2n) is 27.5. The summed E-state index contributed by atoms with van der Waals surface area (Å²) in [6.45, 7) is 6.87. The van der Waals surface area contributed by atoms with E-state index in [2.05, 4.69) is 74.7 Å². The Balaban J connectivity index is 5.00. The first-order valence-corrected chi connectivity index (χ1v) is 40.1. The molecule has 0 saturated heterocycles. The number of amides is 1. The Labute approximate surface area is 553 Å². The fraction of sp³-hybridized carbons (Fsp3) is 0.848. The summed E-state index contributed by atoms with van der Waals surface area (Å²) in [5, 5.41) is 3.06. The summed E-state index contributed by atoms with van der Waals surface area (Å²) in [5.41, 5.74) is 0. The molecular weight excluding hydrogens is 1120 g/mol. The summed E-state index contributed by atoms with van der Waals surface area (Å²) in [4.78, 5) is 40.3. The molecule has 0 radical (unpaired) electrons. The number of unbranched alkanes of at least 4 members (excludes halogenated alkanes) is 47. The lowest BCUT2D eigenvalue weighted by Crippen LogP contribution is -2.47. The predicted octanol–water partition coefficient (Wildman–Crippen LogP) is 24.3. The van der Waals surface area contributed by atoms with E-state index in [1.54, 1.807) is 0 Å². The maximum atomic E-state index is 13.6. The number of phosphoric ester groups is 1. The van der Waals surface area contributed by atoms with Crippen LogP contribution in [0.1, 0.15) is 380 Å². The number of likely N-dealkylation sites (N-methyl/N-ethyl adjacent to an activating group) is 1. The average Bonchev–Trinajstić information content (AvgIpc) is 3.54. The van der Waals surface area contributed by atoms with Gasteiger partial charge >= 0.3 is 5.97 Å². The van der Waals surface area contributed by atoms with Gasteiger partial charge in [-0.25, -0.2) is 0 Å². The minimum absolute atomic E-state index is 0.0216. The van der Waals surface area contributed by atoms with Crippen molar-refractivity contribution in [2.24, 2.45) is 0 Å². The van der Waals surface area contributed by atoms with E-state index in [1.165, 1.54) is 276 Å². The van der Waals surface area contributed by atoms with E-state index in [4.69, 9.17) is 13.8 Å². The van der Waals surface area contributed by atoms with Crippen molar-refractivity contribution in [3.05, 3.63) is 60.8 Å². The second-order valence-corrected chi connectivity index (χ2v) is 28.9. The normalized spacial score (nSPS) is 13.7. The van der Waals surface area contributed by atoms with Gasteiger partial charge in [0.2, 0.25) is 5.91 Å². The molecule has 0 aromatic rings. The number of esters is 1. The number of allylic oxidation sites excluding steroid dienone is 9. The minimum Gasteiger partial charge on any atom is -0.756 e. The van der Waals surface area contributed by atoms with Gasteiger partial charge in [-0.2, -0.15) is 0 Å². The van der Waals surface area contributed by atoms with Gasteiger partial charge in [0.05, 0.1) is 33.8 Å². The number of hydrogen-bond acceptors (Lipinski definition) is 7. The van der Waals surface area contributed by atoms with E-state index >= 15 is 0 Å². The van der Waals surface area contributed by atoms with Crippen LogP contribution >= 0.6 is 7.82 Å². The number of hydrogen-bond donors (Lipinski definition) is 1. The molecule has 89 heavy (non-hydrogen) atoms. The molecule has 1 N–H and O–H groups in total. The van der Waals surface area contributed by atoms with Crippen LogP contribution in [-0.2, 0) is 27.9 Å². The van der Waals surface area contributed by atoms with E-state index in [0.717, 1.165) is 70.6 Å². The van der Waals surface area contributed by atoms with Gasteiger partial charge < -0.3 is 28.5 Å². The number of quaternary nitrogens is 1. The lowest BCUT2D eigenvalue weighted by atomic mass is 10.0. The second kappa shape index (κ2) is 68.6. The Bertz CT molecular complexity index is 1700. The summed E-state index contributed by atoms with van der Waals surface area (Å²) >= 11 is 0. The van der Waals surface area contributed by atoms with Crippen molar-refractivity contribution in [1.82, 2.24) is 5.32 Å². The van der Waals surface area contributed by atoms with Crippen molar-refractivity contribution in [3.63, 3.8) is 0 Å². The average molecular weight is 1270 g/mol. The Kier molecular flexibility index (Phi) is 66.8. The number of carbonyl (C=O) groups is 2. The highest BCUT2D eigenvalue weighted by molar-refractivity contribution is 7.45. The zero-order valence-corrected chi connectivity index (χ0v) is 60.8. The molecule has 3 unspecified atom stereocenters. The van der Waals surface area contributed by atoms with Crippen LogP contribution in [0, 0.1) is 0 Å². The van der Waals surface area contributed by atoms with Crippen LogP contribution in [0.3, 0.4) is 0 Å². The van der Waals surface area contributed by atoms with Gasteiger partial charge in [0.25, 0.3) is 7.82 Å². The van der Waals surface area contributed by atoms with Gasteiger partial charge in [-0.3, -0.25) is 14.2 Å². The summed E-state index contributed by atoms with van der Waals surface area (Å²) in [7, 11) is 1.20. The molecule has 0 heterocycles. The standard InChI is InChI=1S/C79H149N2O7P/c1-7-10-13-16-19-22-25-28-30-32-34-36-38-40-42-44-46-48-50-53-56-59-62-65-68-71-78(82)80-76(75-87-89(84,85)86-74-73-81(4,5)6)77(70-67-64-61-58-55-52-27-24-21-18-15-12-9-3)88-79(83)72-69-66-63-60-57-54-51-49-47-45-43-41-39-37-35-33-31-29-26-23-20-17-14-11-8-2/h20,23,28-31,35,37,67,70,76-77H,7-19,21-22,24-27,32-34,36,38-66,68-69,71-75H2,1-6H3,(H-,80,82,84,85)/b23-20-,30-28+,31-29-,37-35-,70-67+. The predicted molar refractivity (Wildman–Crippen MR) is 385 cm³/mol. The largest absolute Gasteiger partial charge is 0.756 e. The van der Waals surface area contributed by atoms with Gasteiger partial charge in [0.1, 0.15) is 19.3 Å². The molecule has 3 atom stereocenters. The van der Waals surface area contributed by atoms with Gasteiger partial charge in [-0.1, -0.05) is 332 Å². The minimum atomic E-state index is -4.71. The van der Waals surface area contributed by atoms with E-state index < -0.39 is 20.0 Å². The molecule has 0 aromatic carbocycles. The number of rotatable bonds is 71. The molecule has 1 amide bonds. The molecule has 0 spiro atoms. The lowest BCUT2D eigenvalue weighted by Gasteiger charge is -2.30. The van der Waals surface area contributed by atoms with Crippen molar-refractivity contribution in [2.75, 3.05) is 40.9 Å². The first-order valence-electron chi connectivity index (χ1n) is 38.6. The van der Waals surface area contributed by atoms with E-state index in [-0.39, 0.29) is 31.5 Å². The third-order valence-corrected chi connectivity index (χ3v) is 18.4. The van der Waals surface area contributed by atoms with Crippen LogP contribution in [0.25, 0.3) is 0 Å². The van der Waals surface area contributed by atoms with Crippen LogP contribution in [-0.4, -0.2) is 69.4 Å². The van der Waals surface area contributed by atoms with E-state index in [0.29, 0.717) is 17.4 Å². The molecule has 0 aliphatic heterocycles. The molecule has 0 aliphatic rings. The number of phosphoric acid groups is 1. The van der Waals surface area contributed by atoms with Gasteiger partial charge in [-0.05, 0) is 96.0 Å². The summed E-state index contributed by atoms with van der Waals surface area (Å²) in [5.74, 6) is -0.525. The Morgan fingerprint density at radius 1 is 0.393 bits per heavy atom. The van der Waals surface area contributed by atoms with Gasteiger partial charge in [0.15, 0.2) is 0 Å². The zero-order chi connectivity index (χ0) is 64.9. The topological polar surface area (TPSA) is 114 Å². The third kappa shape index (κ3) is 69.9. The molecule has 0 fully saturated rings. The van der Waals surface area contributed by atoms with Crippen molar-refractivity contribution in [2.45, 2.75) is 392 Å². The highest BCUT2D eigenvalue weighted by atomic mass is 31.2. The van der Waals surface area contributed by atoms with Crippen molar-refractivity contribution >= 4 is 19.7 Å². The molecule has 9 nitrogen and oxygen atoms in total. The van der Waals surface area contributed by atoms with Crippen molar-refractivity contribution in [1.29, 1.82) is 0 Å². The molecule has 0 saturated carbocycles. The van der Waals surface area contributed by atoms with Crippen molar-refractivity contribution < 1.29 is 37.3 Å².